The second-order valence-electron chi connectivity index (χ2n) is 10.0. The molecule has 0 unspecified atom stereocenters. The topological polar surface area (TPSA) is 160 Å². The van der Waals surface area contributed by atoms with E-state index in [-0.39, 0.29) is 12.3 Å². The predicted octanol–water partition coefficient (Wildman–Crippen LogP) is 5.59. The fourth-order valence-electron chi connectivity index (χ4n) is 4.72. The first-order valence-electron chi connectivity index (χ1n) is 14.3. The van der Waals surface area contributed by atoms with E-state index in [9.17, 15) is 9.59 Å². The van der Waals surface area contributed by atoms with Gasteiger partial charge in [0.15, 0.2) is 0 Å². The van der Waals surface area contributed by atoms with Gasteiger partial charge in [0.25, 0.3) is 0 Å². The van der Waals surface area contributed by atoms with E-state index < -0.39 is 0 Å². The van der Waals surface area contributed by atoms with E-state index in [0.717, 1.165) is 91.5 Å². The maximum absolute atomic E-state index is 12.5. The Kier molecular flexibility index (Phi) is 10.7. The van der Waals surface area contributed by atoms with Crippen LogP contribution in [0.1, 0.15) is 34.0 Å². The van der Waals surface area contributed by atoms with Crippen molar-refractivity contribution in [2.75, 3.05) is 31.9 Å². The average molecular weight is 647 g/mol. The lowest BCUT2D eigenvalue weighted by Crippen LogP contribution is -2.14. The number of hydrogen-bond donors (Lipinski definition) is 4. The third-order valence-electron chi connectivity index (χ3n) is 7.03. The summed E-state index contributed by atoms with van der Waals surface area (Å²) in [4.78, 5) is 29.2. The molecule has 45 heavy (non-hydrogen) atoms. The number of nitrogens with one attached hydrogen (secondary N) is 4. The minimum absolute atomic E-state index is 0.122. The smallest absolute Gasteiger partial charge is 0.230 e. The minimum Gasteiger partial charge on any atom is -0.497 e. The zero-order valence-corrected chi connectivity index (χ0v) is 26.8. The maximum Gasteiger partial charge on any atom is 0.230 e. The molecule has 0 aliphatic heterocycles. The Morgan fingerprint density at radius 2 is 1.38 bits per heavy atom. The van der Waals surface area contributed by atoms with Crippen LogP contribution in [0.5, 0.6) is 11.5 Å². The van der Waals surface area contributed by atoms with Crippen LogP contribution < -0.4 is 20.1 Å². The van der Waals surface area contributed by atoms with Crippen molar-refractivity contribution in [1.82, 2.24) is 30.4 Å². The number of unbranched alkanes of at least 4 members (excludes halogenated alkanes) is 1. The zero-order valence-electron chi connectivity index (χ0n) is 25.2. The molecule has 0 bridgehead atoms. The first kappa shape index (κ1) is 31.6. The Bertz CT molecular complexity index is 1880. The van der Waals surface area contributed by atoms with Gasteiger partial charge in [-0.1, -0.05) is 22.7 Å². The van der Waals surface area contributed by atoms with Crippen molar-refractivity contribution >= 4 is 66.9 Å². The summed E-state index contributed by atoms with van der Waals surface area (Å²) in [7, 11) is 5.10. The molecule has 0 aliphatic rings. The molecule has 0 saturated heterocycles. The summed E-state index contributed by atoms with van der Waals surface area (Å²) in [5.41, 5.74) is 3.92. The lowest BCUT2D eigenvalue weighted by Gasteiger charge is -2.02. The molecular formula is C31H34N8O4S2. The van der Waals surface area contributed by atoms with Gasteiger partial charge >= 0.3 is 0 Å². The molecule has 14 heteroatoms. The highest BCUT2D eigenvalue weighted by Crippen LogP contribution is 2.26. The van der Waals surface area contributed by atoms with Crippen LogP contribution in [0.2, 0.25) is 0 Å². The summed E-state index contributed by atoms with van der Waals surface area (Å²) < 4.78 is 10.4. The molecule has 0 saturated carbocycles. The highest BCUT2D eigenvalue weighted by atomic mass is 32.1. The summed E-state index contributed by atoms with van der Waals surface area (Å²) >= 11 is 3.00. The van der Waals surface area contributed by atoms with Crippen LogP contribution >= 0.6 is 22.7 Å². The number of aromatic nitrogens is 6. The second kappa shape index (κ2) is 15.3. The Morgan fingerprint density at radius 3 is 1.93 bits per heavy atom. The molecular weight excluding hydrogens is 613 g/mol. The van der Waals surface area contributed by atoms with Gasteiger partial charge < -0.3 is 34.9 Å². The summed E-state index contributed by atoms with van der Waals surface area (Å²) in [6, 6.07) is 11.5. The normalized spacial score (nSPS) is 10.8. The fourth-order valence-corrected chi connectivity index (χ4v) is 6.26. The number of aryl methyl sites for hydroxylation is 2. The summed E-state index contributed by atoms with van der Waals surface area (Å²) in [6.07, 6.45) is 9.02. The molecule has 1 amide bonds. The quantitative estimate of drug-likeness (QED) is 0.0927. The number of nitrogens with zero attached hydrogens (tertiary/aromatic N) is 4. The molecule has 234 valence electrons. The largest absolute Gasteiger partial charge is 0.497 e. The third kappa shape index (κ3) is 8.22. The van der Waals surface area contributed by atoms with Gasteiger partial charge in [0.05, 0.1) is 20.6 Å². The molecule has 0 radical (unpaired) electrons. The summed E-state index contributed by atoms with van der Waals surface area (Å²) in [6.45, 7) is 0. The Balaban J connectivity index is 0.000000238. The Labute approximate surface area is 267 Å². The van der Waals surface area contributed by atoms with E-state index in [0.29, 0.717) is 11.6 Å². The SMILES string of the molecule is CNc1nnc(CCCCc2nnc(NC(=O)Cc3c[nH]c4ccc(OC)cc34)s2)s1.COc1ccc2[nH]cc(CC=O)c2c1. The molecule has 6 aromatic rings. The van der Waals surface area contributed by atoms with Gasteiger partial charge in [0, 0.05) is 60.5 Å². The van der Waals surface area contributed by atoms with Crippen LogP contribution in [0.25, 0.3) is 21.8 Å². The molecule has 4 N–H and O–H groups in total. The van der Waals surface area contributed by atoms with E-state index in [1.807, 2.05) is 55.8 Å². The minimum atomic E-state index is -0.122. The molecule has 4 heterocycles. The summed E-state index contributed by atoms with van der Waals surface area (Å²) in [5.74, 6) is 1.45. The van der Waals surface area contributed by atoms with Crippen LogP contribution in [-0.2, 0) is 35.3 Å². The number of carbonyl (C=O) groups excluding carboxylic acids is 2. The lowest BCUT2D eigenvalue weighted by atomic mass is 10.1. The fraction of sp³-hybridized carbons (Fsp3) is 0.290. The molecule has 12 nitrogen and oxygen atoms in total. The number of amides is 1. The maximum atomic E-state index is 12.5. The van der Waals surface area contributed by atoms with Crippen LogP contribution in [0.3, 0.4) is 0 Å². The lowest BCUT2D eigenvalue weighted by molar-refractivity contribution is -0.115. The van der Waals surface area contributed by atoms with Crippen molar-refractivity contribution in [2.45, 2.75) is 38.5 Å². The average Bonchev–Trinajstić information content (AvgIpc) is 3.87. The number of aldehydes is 1. The van der Waals surface area contributed by atoms with Gasteiger partial charge in [0.2, 0.25) is 16.2 Å². The first-order chi connectivity index (χ1) is 22.0. The number of rotatable bonds is 13. The highest BCUT2D eigenvalue weighted by molar-refractivity contribution is 7.15. The van der Waals surface area contributed by atoms with E-state index >= 15 is 0 Å². The van der Waals surface area contributed by atoms with E-state index in [4.69, 9.17) is 9.47 Å². The monoisotopic (exact) mass is 646 g/mol. The van der Waals surface area contributed by atoms with Crippen molar-refractivity contribution in [1.29, 1.82) is 0 Å². The van der Waals surface area contributed by atoms with Crippen LogP contribution in [-0.4, -0.2) is 63.8 Å². The number of carbonyl (C=O) groups is 2. The van der Waals surface area contributed by atoms with E-state index in [1.165, 1.54) is 11.3 Å². The molecule has 6 rings (SSSR count). The van der Waals surface area contributed by atoms with E-state index in [1.54, 1.807) is 25.6 Å². The van der Waals surface area contributed by atoms with Crippen LogP contribution in [0.4, 0.5) is 10.3 Å². The first-order valence-corrected chi connectivity index (χ1v) is 16.0. The number of fused-ring (bicyclic) bond motifs is 2. The number of ether oxygens (including phenoxy) is 2. The number of anilines is 2. The second-order valence-corrected chi connectivity index (χ2v) is 12.1. The van der Waals surface area contributed by atoms with Crippen LogP contribution in [0, 0.1) is 0 Å². The van der Waals surface area contributed by atoms with Gasteiger partial charge in [-0.3, -0.25) is 4.79 Å². The number of aromatic amines is 2. The van der Waals surface area contributed by atoms with Crippen molar-refractivity contribution in [3.05, 3.63) is 69.9 Å². The molecule has 0 atom stereocenters. The molecule has 0 aliphatic carbocycles. The van der Waals surface area contributed by atoms with Crippen molar-refractivity contribution in [3.8, 4) is 11.5 Å². The van der Waals surface area contributed by atoms with Gasteiger partial charge in [0.1, 0.15) is 27.8 Å². The van der Waals surface area contributed by atoms with Gasteiger partial charge in [-0.15, -0.1) is 20.4 Å². The highest BCUT2D eigenvalue weighted by Gasteiger charge is 2.13. The number of benzene rings is 2. The van der Waals surface area contributed by atoms with Gasteiger partial charge in [-0.25, -0.2) is 0 Å². The molecule has 4 aromatic heterocycles. The van der Waals surface area contributed by atoms with Crippen molar-refractivity contribution < 1.29 is 19.1 Å². The standard InChI is InChI=1S/C20H23N7O2S2.C11H11NO2/c1-21-19-26-24-17(30-19)5-3-4-6-18-25-27-20(31-18)23-16(28)9-12-11-22-15-8-7-13(29-2)10-14(12)15;1-14-9-2-3-11-10(6-9)8(4-5-13)7-12-11/h7-8,10-11,22H,3-6,9H2,1-2H3,(H,21,26)(H,23,27,28);2-3,5-7,12H,4H2,1H3. The zero-order chi connectivity index (χ0) is 31.6. The molecule has 0 spiro atoms. The van der Waals surface area contributed by atoms with Crippen LogP contribution in [0.15, 0.2) is 48.8 Å². The van der Waals surface area contributed by atoms with Gasteiger partial charge in [-0.2, -0.15) is 0 Å². The third-order valence-corrected chi connectivity index (χ3v) is 8.93. The summed E-state index contributed by atoms with van der Waals surface area (Å²) in [5, 5.41) is 27.7. The van der Waals surface area contributed by atoms with Gasteiger partial charge in [-0.05, 0) is 60.4 Å². The van der Waals surface area contributed by atoms with E-state index in [2.05, 4.69) is 41.0 Å². The Morgan fingerprint density at radius 1 is 0.822 bits per heavy atom. The number of hydrogen-bond acceptors (Lipinski definition) is 11. The molecule has 2 aromatic carbocycles. The number of methoxy groups -OCH3 is 2. The van der Waals surface area contributed by atoms with Crippen molar-refractivity contribution in [2.24, 2.45) is 0 Å². The molecule has 0 fully saturated rings. The Hall–Kier alpha value is -4.82. The van der Waals surface area contributed by atoms with Crippen molar-refractivity contribution in [3.63, 3.8) is 0 Å². The predicted molar refractivity (Wildman–Crippen MR) is 178 cm³/mol. The number of H-pyrrole nitrogens is 2.